The molecule has 0 saturated carbocycles. The molecule has 0 bridgehead atoms. The van der Waals surface area contributed by atoms with E-state index in [4.69, 9.17) is 9.47 Å². The van der Waals surface area contributed by atoms with Crippen LogP contribution < -0.4 is 10.1 Å². The SMILES string of the molecule is CC(C)O[C@@H]1CNCC[C@H]1Oc1cccc(C(F)(F)F)c1. The van der Waals surface area contributed by atoms with Gasteiger partial charge in [0.05, 0.1) is 11.7 Å². The van der Waals surface area contributed by atoms with Gasteiger partial charge in [0.2, 0.25) is 0 Å². The van der Waals surface area contributed by atoms with Gasteiger partial charge in [0.1, 0.15) is 18.0 Å². The van der Waals surface area contributed by atoms with Crippen molar-refractivity contribution in [3.05, 3.63) is 29.8 Å². The number of benzene rings is 1. The van der Waals surface area contributed by atoms with E-state index in [1.165, 1.54) is 6.07 Å². The van der Waals surface area contributed by atoms with E-state index < -0.39 is 11.7 Å². The van der Waals surface area contributed by atoms with Gasteiger partial charge in [-0.3, -0.25) is 0 Å². The molecule has 1 aliphatic heterocycles. The van der Waals surface area contributed by atoms with Crippen LogP contribution in [0.4, 0.5) is 13.2 Å². The predicted molar refractivity (Wildman–Crippen MR) is 73.4 cm³/mol. The highest BCUT2D eigenvalue weighted by Gasteiger charge is 2.32. The third-order valence-electron chi connectivity index (χ3n) is 3.26. The Morgan fingerprint density at radius 2 is 2.00 bits per heavy atom. The molecule has 2 atom stereocenters. The number of hydrogen-bond acceptors (Lipinski definition) is 3. The fraction of sp³-hybridized carbons (Fsp3) is 0.600. The average molecular weight is 303 g/mol. The van der Waals surface area contributed by atoms with Crippen molar-refractivity contribution in [2.24, 2.45) is 0 Å². The lowest BCUT2D eigenvalue weighted by atomic mass is 10.1. The maximum atomic E-state index is 12.7. The molecule has 0 amide bonds. The van der Waals surface area contributed by atoms with Crippen LogP contribution in [0.25, 0.3) is 0 Å². The molecule has 21 heavy (non-hydrogen) atoms. The molecule has 0 aromatic heterocycles. The molecule has 6 heteroatoms. The lowest BCUT2D eigenvalue weighted by Crippen LogP contribution is -2.49. The lowest BCUT2D eigenvalue weighted by molar-refractivity contribution is -0.137. The van der Waals surface area contributed by atoms with Crippen LogP contribution in [0.2, 0.25) is 0 Å². The Bertz CT molecular complexity index is 462. The van der Waals surface area contributed by atoms with E-state index in [0.717, 1.165) is 18.7 Å². The Labute approximate surface area is 122 Å². The van der Waals surface area contributed by atoms with Crippen molar-refractivity contribution >= 4 is 0 Å². The number of ether oxygens (including phenoxy) is 2. The van der Waals surface area contributed by atoms with Crippen LogP contribution in [0.15, 0.2) is 24.3 Å². The van der Waals surface area contributed by atoms with Crippen LogP contribution in [0.5, 0.6) is 5.75 Å². The van der Waals surface area contributed by atoms with Gasteiger partial charge in [-0.25, -0.2) is 0 Å². The van der Waals surface area contributed by atoms with Crippen LogP contribution in [-0.2, 0) is 10.9 Å². The Balaban J connectivity index is 2.08. The van der Waals surface area contributed by atoms with Crippen molar-refractivity contribution in [3.63, 3.8) is 0 Å². The van der Waals surface area contributed by atoms with E-state index in [1.807, 2.05) is 13.8 Å². The summed E-state index contributed by atoms with van der Waals surface area (Å²) in [7, 11) is 0. The summed E-state index contributed by atoms with van der Waals surface area (Å²) >= 11 is 0. The Hall–Kier alpha value is -1.27. The Kier molecular flexibility index (Phi) is 5.11. The van der Waals surface area contributed by atoms with Gasteiger partial charge in [-0.2, -0.15) is 13.2 Å². The molecule has 1 saturated heterocycles. The van der Waals surface area contributed by atoms with Gasteiger partial charge in [-0.1, -0.05) is 6.07 Å². The van der Waals surface area contributed by atoms with Crippen LogP contribution in [-0.4, -0.2) is 31.4 Å². The lowest BCUT2D eigenvalue weighted by Gasteiger charge is -2.33. The zero-order valence-electron chi connectivity index (χ0n) is 12.1. The van der Waals surface area contributed by atoms with Crippen molar-refractivity contribution < 1.29 is 22.6 Å². The molecular weight excluding hydrogens is 283 g/mol. The van der Waals surface area contributed by atoms with Crippen LogP contribution in [0.3, 0.4) is 0 Å². The largest absolute Gasteiger partial charge is 0.488 e. The molecule has 1 aliphatic rings. The molecule has 2 rings (SSSR count). The summed E-state index contributed by atoms with van der Waals surface area (Å²) in [5, 5.41) is 3.21. The van der Waals surface area contributed by atoms with Crippen LogP contribution in [0.1, 0.15) is 25.8 Å². The van der Waals surface area contributed by atoms with Crippen LogP contribution in [0, 0.1) is 0 Å². The van der Waals surface area contributed by atoms with Crippen molar-refractivity contribution in [2.45, 2.75) is 44.8 Å². The second-order valence-corrected chi connectivity index (χ2v) is 5.40. The Morgan fingerprint density at radius 1 is 1.24 bits per heavy atom. The molecule has 118 valence electrons. The smallest absolute Gasteiger partial charge is 0.416 e. The number of alkyl halides is 3. The average Bonchev–Trinajstić information content (AvgIpc) is 2.40. The van der Waals surface area contributed by atoms with Crippen molar-refractivity contribution in [3.8, 4) is 5.75 Å². The Morgan fingerprint density at radius 3 is 2.67 bits per heavy atom. The van der Waals surface area contributed by atoms with Gasteiger partial charge in [-0.15, -0.1) is 0 Å². The first-order valence-electron chi connectivity index (χ1n) is 7.06. The molecule has 3 nitrogen and oxygen atoms in total. The molecule has 1 N–H and O–H groups in total. The minimum atomic E-state index is -4.36. The van der Waals surface area contributed by atoms with Crippen molar-refractivity contribution in [1.29, 1.82) is 0 Å². The highest BCUT2D eigenvalue weighted by Crippen LogP contribution is 2.32. The van der Waals surface area contributed by atoms with Gasteiger partial charge in [0, 0.05) is 6.54 Å². The first-order valence-corrected chi connectivity index (χ1v) is 7.06. The topological polar surface area (TPSA) is 30.5 Å². The molecular formula is C15H20F3NO2. The van der Waals surface area contributed by atoms with E-state index in [1.54, 1.807) is 6.07 Å². The summed E-state index contributed by atoms with van der Waals surface area (Å²) in [5.74, 6) is 0.231. The van der Waals surface area contributed by atoms with E-state index in [9.17, 15) is 13.2 Å². The maximum Gasteiger partial charge on any atom is 0.416 e. The van der Waals surface area contributed by atoms with E-state index in [2.05, 4.69) is 5.32 Å². The second kappa shape index (κ2) is 6.66. The summed E-state index contributed by atoms with van der Waals surface area (Å²) in [6.45, 7) is 5.26. The van der Waals surface area contributed by atoms with Gasteiger partial charge in [0.25, 0.3) is 0 Å². The summed E-state index contributed by atoms with van der Waals surface area (Å²) < 4.78 is 49.6. The van der Waals surface area contributed by atoms with Crippen molar-refractivity contribution in [2.75, 3.05) is 13.1 Å². The van der Waals surface area contributed by atoms with E-state index >= 15 is 0 Å². The highest BCUT2D eigenvalue weighted by atomic mass is 19.4. The quantitative estimate of drug-likeness (QED) is 0.926. The number of piperidine rings is 1. The molecule has 0 aliphatic carbocycles. The van der Waals surface area contributed by atoms with Gasteiger partial charge >= 0.3 is 6.18 Å². The van der Waals surface area contributed by atoms with Crippen molar-refractivity contribution in [1.82, 2.24) is 5.32 Å². The maximum absolute atomic E-state index is 12.7. The normalized spacial score (nSPS) is 23.3. The molecule has 1 fully saturated rings. The fourth-order valence-electron chi connectivity index (χ4n) is 2.35. The second-order valence-electron chi connectivity index (χ2n) is 5.40. The number of halogens is 3. The van der Waals surface area contributed by atoms with Crippen LogP contribution >= 0.6 is 0 Å². The molecule has 1 aromatic carbocycles. The van der Waals surface area contributed by atoms with E-state index in [-0.39, 0.29) is 24.1 Å². The van der Waals surface area contributed by atoms with Gasteiger partial charge in [0.15, 0.2) is 0 Å². The minimum Gasteiger partial charge on any atom is -0.488 e. The zero-order valence-corrected chi connectivity index (χ0v) is 12.1. The summed E-state index contributed by atoms with van der Waals surface area (Å²) in [5.41, 5.74) is -0.699. The molecule has 0 radical (unpaired) electrons. The van der Waals surface area contributed by atoms with Gasteiger partial charge < -0.3 is 14.8 Å². The zero-order chi connectivity index (χ0) is 15.5. The summed E-state index contributed by atoms with van der Waals surface area (Å²) in [4.78, 5) is 0. The molecule has 0 unspecified atom stereocenters. The number of nitrogens with one attached hydrogen (secondary N) is 1. The number of rotatable bonds is 4. The van der Waals surface area contributed by atoms with Gasteiger partial charge in [-0.05, 0) is 45.0 Å². The summed E-state index contributed by atoms with van der Waals surface area (Å²) in [6.07, 6.45) is -4.01. The van der Waals surface area contributed by atoms with E-state index in [0.29, 0.717) is 13.0 Å². The molecule has 1 heterocycles. The molecule has 0 spiro atoms. The summed E-state index contributed by atoms with van der Waals surface area (Å²) in [6, 6.07) is 4.98. The molecule has 1 aromatic rings. The highest BCUT2D eigenvalue weighted by molar-refractivity contribution is 5.30. The minimum absolute atomic E-state index is 0.0440. The third kappa shape index (κ3) is 4.61. The standard InChI is InChI=1S/C15H20F3NO2/c1-10(2)20-14-9-19-7-6-13(14)21-12-5-3-4-11(8-12)15(16,17)18/h3-5,8,10,13-14,19H,6-7,9H2,1-2H3/t13-,14-/m1/s1. The fourth-order valence-corrected chi connectivity index (χ4v) is 2.35. The first kappa shape index (κ1) is 16.1. The first-order chi connectivity index (χ1) is 9.86. The predicted octanol–water partition coefficient (Wildman–Crippen LogP) is 3.24. The number of hydrogen-bond donors (Lipinski definition) is 1. The third-order valence-corrected chi connectivity index (χ3v) is 3.26. The monoisotopic (exact) mass is 303 g/mol.